The highest BCUT2D eigenvalue weighted by Crippen LogP contribution is 2.45. The number of hydrogen-bond acceptors (Lipinski definition) is 10. The molecule has 2 aliphatic carbocycles. The number of amides is 1. The molecule has 2 aliphatic rings. The third kappa shape index (κ3) is 4.85. The second-order valence-corrected chi connectivity index (χ2v) is 11.3. The molecule has 0 heterocycles. The second-order valence-electron chi connectivity index (χ2n) is 8.14. The van der Waals surface area contributed by atoms with Crippen LogP contribution in [-0.4, -0.2) is 60.2 Å². The van der Waals surface area contributed by atoms with Gasteiger partial charge in [0.15, 0.2) is 11.6 Å². The summed E-state index contributed by atoms with van der Waals surface area (Å²) in [6.45, 7) is -0.409. The quantitative estimate of drug-likeness (QED) is 0.466. The Kier molecular flexibility index (Phi) is 6.30. The van der Waals surface area contributed by atoms with Gasteiger partial charge in [-0.15, -0.1) is 0 Å². The lowest BCUT2D eigenvalue weighted by Gasteiger charge is -2.24. The van der Waals surface area contributed by atoms with E-state index in [1.807, 2.05) is 0 Å². The van der Waals surface area contributed by atoms with Crippen molar-refractivity contribution in [3.8, 4) is 0 Å². The molecule has 2 atom stereocenters. The number of nitrogens with one attached hydrogen (secondary N) is 1. The van der Waals surface area contributed by atoms with E-state index in [1.165, 1.54) is 25.2 Å². The van der Waals surface area contributed by atoms with Crippen molar-refractivity contribution in [1.29, 1.82) is 0 Å². The zero-order chi connectivity index (χ0) is 25.7. The highest BCUT2D eigenvalue weighted by molar-refractivity contribution is 7.86. The van der Waals surface area contributed by atoms with E-state index < -0.39 is 56.7 Å². The first-order chi connectivity index (χ1) is 16.3. The summed E-state index contributed by atoms with van der Waals surface area (Å²) in [5, 5.41) is 2.27. The minimum atomic E-state index is -4.13. The average Bonchev–Trinajstić information content (AvgIpc) is 3.09. The lowest BCUT2D eigenvalue weighted by molar-refractivity contribution is 0.0763. The molecule has 0 bridgehead atoms. The first-order valence-corrected chi connectivity index (χ1v) is 13.9. The summed E-state index contributed by atoms with van der Waals surface area (Å²) < 4.78 is 63.4. The van der Waals surface area contributed by atoms with Crippen LogP contribution in [-0.2, 0) is 46.4 Å². The van der Waals surface area contributed by atoms with E-state index in [9.17, 15) is 31.2 Å². The average molecular weight is 524 g/mol. The number of benzene rings is 2. The fourth-order valence-electron chi connectivity index (χ4n) is 4.42. The van der Waals surface area contributed by atoms with Gasteiger partial charge < -0.3 is 10.1 Å². The summed E-state index contributed by atoms with van der Waals surface area (Å²) in [7, 11) is -6.87. The number of carbonyl (C=O) groups is 3. The molecule has 1 amide bonds. The zero-order valence-corrected chi connectivity index (χ0v) is 20.5. The Morgan fingerprint density at radius 2 is 1.57 bits per heavy atom. The predicted molar refractivity (Wildman–Crippen MR) is 121 cm³/mol. The molecule has 0 fully saturated rings. The number of ketones is 2. The lowest BCUT2D eigenvalue weighted by atomic mass is 9.79. The van der Waals surface area contributed by atoms with Crippen molar-refractivity contribution in [2.45, 2.75) is 25.2 Å². The maximum Gasteiger partial charge on any atom is 0.407 e. The van der Waals surface area contributed by atoms with Crippen LogP contribution in [0.15, 0.2) is 30.3 Å². The van der Waals surface area contributed by atoms with Crippen LogP contribution in [0.2, 0.25) is 0 Å². The van der Waals surface area contributed by atoms with Gasteiger partial charge in [-0.3, -0.25) is 18.0 Å². The normalized spacial score (nSPS) is 19.1. The van der Waals surface area contributed by atoms with E-state index in [0.29, 0.717) is 0 Å². The Morgan fingerprint density at radius 1 is 0.971 bits per heavy atom. The van der Waals surface area contributed by atoms with E-state index in [-0.39, 0.29) is 45.4 Å². The minimum Gasteiger partial charge on any atom is -0.445 e. The molecule has 0 radical (unpaired) electrons. The fraction of sp³-hybridized carbons (Fsp3) is 0.318. The highest BCUT2D eigenvalue weighted by Gasteiger charge is 2.45. The van der Waals surface area contributed by atoms with Crippen LogP contribution in [0.4, 0.5) is 4.79 Å². The fourth-order valence-corrected chi connectivity index (χ4v) is 5.63. The van der Waals surface area contributed by atoms with E-state index in [2.05, 4.69) is 5.32 Å². The van der Waals surface area contributed by atoms with Crippen molar-refractivity contribution in [2.75, 3.05) is 19.6 Å². The molecule has 13 heteroatoms. The van der Waals surface area contributed by atoms with Gasteiger partial charge in [0, 0.05) is 35.7 Å². The highest BCUT2D eigenvalue weighted by atomic mass is 32.2. The van der Waals surface area contributed by atoms with Gasteiger partial charge in [0.05, 0.1) is 12.5 Å². The molecule has 0 aliphatic heterocycles. The van der Waals surface area contributed by atoms with E-state index in [0.717, 1.165) is 12.5 Å². The van der Waals surface area contributed by atoms with Gasteiger partial charge in [-0.1, -0.05) is 24.3 Å². The predicted octanol–water partition coefficient (Wildman–Crippen LogP) is 1.24. The lowest BCUT2D eigenvalue weighted by Crippen LogP contribution is -2.26. The molecule has 0 spiro atoms. The van der Waals surface area contributed by atoms with Crippen LogP contribution in [0.5, 0.6) is 0 Å². The number of hydrogen-bond donors (Lipinski definition) is 1. The summed E-state index contributed by atoms with van der Waals surface area (Å²) >= 11 is 0. The molecule has 1 N–H and O–H groups in total. The first-order valence-electron chi connectivity index (χ1n) is 10.3. The van der Waals surface area contributed by atoms with Crippen molar-refractivity contribution in [2.24, 2.45) is 0 Å². The smallest absolute Gasteiger partial charge is 0.407 e. The SMILES string of the molecule is CNC(=O)OCc1cc2c(c3c1[C@@H](OS(C)(=O)=O)[C@@H](OS(C)(=O)=O)C3)C(=O)c1ccccc1C2=O. The van der Waals surface area contributed by atoms with Gasteiger partial charge in [-0.05, 0) is 22.8 Å². The van der Waals surface area contributed by atoms with Crippen molar-refractivity contribution >= 4 is 37.9 Å². The Hall–Kier alpha value is -3.13. The maximum atomic E-state index is 13.5. The summed E-state index contributed by atoms with van der Waals surface area (Å²) in [6, 6.07) is 7.57. The molecule has 0 aromatic heterocycles. The molecule has 11 nitrogen and oxygen atoms in total. The van der Waals surface area contributed by atoms with Crippen molar-refractivity contribution in [1.82, 2.24) is 5.32 Å². The van der Waals surface area contributed by atoms with Crippen LogP contribution < -0.4 is 5.32 Å². The minimum absolute atomic E-state index is 0.00842. The molecule has 0 saturated carbocycles. The molecule has 0 unspecified atom stereocenters. The summed E-state index contributed by atoms with van der Waals surface area (Å²) in [5.74, 6) is -0.935. The van der Waals surface area contributed by atoms with Gasteiger partial charge in [0.1, 0.15) is 18.8 Å². The van der Waals surface area contributed by atoms with Crippen LogP contribution >= 0.6 is 0 Å². The Bertz CT molecular complexity index is 1480. The molecule has 35 heavy (non-hydrogen) atoms. The molecular weight excluding hydrogens is 502 g/mol. The summed E-state index contributed by atoms with van der Waals surface area (Å²) in [6.07, 6.45) is -2.27. The van der Waals surface area contributed by atoms with Crippen molar-refractivity contribution < 1.29 is 44.3 Å². The van der Waals surface area contributed by atoms with Crippen molar-refractivity contribution in [3.05, 3.63) is 69.3 Å². The number of alkyl carbamates (subject to hydrolysis) is 1. The van der Waals surface area contributed by atoms with Gasteiger partial charge in [0.2, 0.25) is 0 Å². The molecule has 4 rings (SSSR count). The van der Waals surface area contributed by atoms with Gasteiger partial charge in [0.25, 0.3) is 20.2 Å². The monoisotopic (exact) mass is 523 g/mol. The third-order valence-electron chi connectivity index (χ3n) is 5.62. The number of fused-ring (bicyclic) bond motifs is 4. The summed E-state index contributed by atoms with van der Waals surface area (Å²) in [5.41, 5.74) is 0.885. The first kappa shape index (κ1) is 25.0. The Balaban J connectivity index is 1.97. The maximum absolute atomic E-state index is 13.5. The molecular formula is C22H21NO10S2. The van der Waals surface area contributed by atoms with Crippen LogP contribution in [0.25, 0.3) is 0 Å². The standard InChI is InChI=1S/C22H21NO10S2/c1-23-22(26)31-10-11-8-15-18(20(25)13-7-5-4-6-12(13)19(15)24)14-9-16(32-34(2,27)28)21(17(11)14)33-35(3,29)30/h4-8,16,21H,9-10H2,1-3H3,(H,23,26)/t16-,21-/m0/s1. The Morgan fingerprint density at radius 3 is 2.14 bits per heavy atom. The Labute approximate surface area is 201 Å². The second kappa shape index (κ2) is 8.82. The number of ether oxygens (including phenoxy) is 1. The van der Waals surface area contributed by atoms with E-state index >= 15 is 0 Å². The largest absolute Gasteiger partial charge is 0.445 e. The third-order valence-corrected chi connectivity index (χ3v) is 6.77. The molecule has 2 aromatic carbocycles. The van der Waals surface area contributed by atoms with Gasteiger partial charge in [-0.2, -0.15) is 16.8 Å². The number of carbonyl (C=O) groups excluding carboxylic acids is 3. The van der Waals surface area contributed by atoms with E-state index in [4.69, 9.17) is 13.1 Å². The van der Waals surface area contributed by atoms with Gasteiger partial charge >= 0.3 is 6.09 Å². The van der Waals surface area contributed by atoms with E-state index in [1.54, 1.807) is 12.1 Å². The van der Waals surface area contributed by atoms with Gasteiger partial charge in [-0.25, -0.2) is 4.79 Å². The van der Waals surface area contributed by atoms with Crippen LogP contribution in [0, 0.1) is 0 Å². The molecule has 186 valence electrons. The zero-order valence-electron chi connectivity index (χ0n) is 18.9. The topological polar surface area (TPSA) is 159 Å². The molecule has 2 aromatic rings. The number of rotatable bonds is 6. The summed E-state index contributed by atoms with van der Waals surface area (Å²) in [4.78, 5) is 38.5. The molecule has 0 saturated heterocycles. The van der Waals surface area contributed by atoms with Crippen molar-refractivity contribution in [3.63, 3.8) is 0 Å². The van der Waals surface area contributed by atoms with Crippen LogP contribution in [0.3, 0.4) is 0 Å². The van der Waals surface area contributed by atoms with Crippen LogP contribution in [0.1, 0.15) is 54.6 Å².